The minimum atomic E-state index is -0.217. The van der Waals surface area contributed by atoms with Gasteiger partial charge in [-0.05, 0) is 68.9 Å². The first kappa shape index (κ1) is 13.4. The number of amides is 1. The van der Waals surface area contributed by atoms with Crippen molar-refractivity contribution in [2.24, 2.45) is 0 Å². The van der Waals surface area contributed by atoms with Crippen LogP contribution < -0.4 is 5.32 Å². The summed E-state index contributed by atoms with van der Waals surface area (Å²) in [6.45, 7) is 0. The lowest BCUT2D eigenvalue weighted by molar-refractivity contribution is 0.102. The molecule has 0 atom stereocenters. The van der Waals surface area contributed by atoms with Crippen LogP contribution in [-0.4, -0.2) is 11.0 Å². The number of aromatic hydroxyl groups is 1. The number of hydrogen-bond donors (Lipinski definition) is 2. The average Bonchev–Trinajstić information content (AvgIpc) is 2.32. The van der Waals surface area contributed by atoms with Gasteiger partial charge in [-0.15, -0.1) is 0 Å². The summed E-state index contributed by atoms with van der Waals surface area (Å²) in [5.41, 5.74) is 1.12. The van der Waals surface area contributed by atoms with Crippen LogP contribution >= 0.6 is 38.5 Å². The minimum Gasteiger partial charge on any atom is -0.508 e. The van der Waals surface area contributed by atoms with Crippen LogP contribution in [0.5, 0.6) is 5.75 Å². The third-order valence-electron chi connectivity index (χ3n) is 2.28. The van der Waals surface area contributed by atoms with Gasteiger partial charge in [0.25, 0.3) is 5.91 Å². The summed E-state index contributed by atoms with van der Waals surface area (Å²) in [7, 11) is 0. The summed E-state index contributed by atoms with van der Waals surface area (Å²) in [6.07, 6.45) is 0. The van der Waals surface area contributed by atoms with Crippen molar-refractivity contribution in [2.75, 3.05) is 5.32 Å². The number of anilines is 1. The quantitative estimate of drug-likeness (QED) is 0.725. The Balaban J connectivity index is 2.24. The zero-order valence-electron chi connectivity index (χ0n) is 9.15. The first-order valence-electron chi connectivity index (χ1n) is 5.12. The maximum absolute atomic E-state index is 12.1. The Labute approximate surface area is 126 Å². The Morgan fingerprint density at radius 3 is 2.72 bits per heavy atom. The van der Waals surface area contributed by atoms with E-state index >= 15 is 0 Å². The fourth-order valence-electron chi connectivity index (χ4n) is 1.45. The van der Waals surface area contributed by atoms with Crippen molar-refractivity contribution in [1.29, 1.82) is 0 Å². The smallest absolute Gasteiger partial charge is 0.256 e. The van der Waals surface area contributed by atoms with Gasteiger partial charge in [0.2, 0.25) is 0 Å². The number of carbonyl (C=O) groups excluding carboxylic acids is 1. The van der Waals surface area contributed by atoms with Gasteiger partial charge in [0, 0.05) is 19.8 Å². The van der Waals surface area contributed by atoms with Crippen LogP contribution in [0.1, 0.15) is 10.4 Å². The van der Waals surface area contributed by atoms with E-state index in [-0.39, 0.29) is 11.7 Å². The highest BCUT2D eigenvalue weighted by Crippen LogP contribution is 2.22. The van der Waals surface area contributed by atoms with Crippen LogP contribution in [0.15, 0.2) is 46.9 Å². The zero-order chi connectivity index (χ0) is 13.1. The first-order valence-corrected chi connectivity index (χ1v) is 6.99. The third kappa shape index (κ3) is 3.23. The maximum atomic E-state index is 12.1. The van der Waals surface area contributed by atoms with Gasteiger partial charge in [-0.2, -0.15) is 0 Å². The van der Waals surface area contributed by atoms with Crippen molar-refractivity contribution in [2.45, 2.75) is 0 Å². The lowest BCUT2D eigenvalue weighted by atomic mass is 10.2. The molecule has 0 aliphatic heterocycles. The molecule has 18 heavy (non-hydrogen) atoms. The van der Waals surface area contributed by atoms with Gasteiger partial charge in [-0.25, -0.2) is 0 Å². The summed E-state index contributed by atoms with van der Waals surface area (Å²) in [4.78, 5) is 12.1. The van der Waals surface area contributed by atoms with Gasteiger partial charge in [-0.3, -0.25) is 4.79 Å². The van der Waals surface area contributed by atoms with Crippen LogP contribution in [0.4, 0.5) is 5.69 Å². The molecule has 0 saturated heterocycles. The van der Waals surface area contributed by atoms with Crippen LogP contribution in [0.2, 0.25) is 0 Å². The Morgan fingerprint density at radius 1 is 1.22 bits per heavy atom. The van der Waals surface area contributed by atoms with Crippen molar-refractivity contribution in [3.8, 4) is 5.75 Å². The van der Waals surface area contributed by atoms with E-state index in [0.717, 1.165) is 8.04 Å². The van der Waals surface area contributed by atoms with Crippen molar-refractivity contribution in [1.82, 2.24) is 0 Å². The molecule has 0 fully saturated rings. The highest BCUT2D eigenvalue weighted by molar-refractivity contribution is 14.1. The van der Waals surface area contributed by atoms with Crippen molar-refractivity contribution < 1.29 is 9.90 Å². The van der Waals surface area contributed by atoms with E-state index < -0.39 is 0 Å². The van der Waals surface area contributed by atoms with Gasteiger partial charge in [0.15, 0.2) is 0 Å². The molecule has 0 aliphatic carbocycles. The number of hydrogen-bond acceptors (Lipinski definition) is 2. The molecule has 1 amide bonds. The Bertz CT molecular complexity index is 601. The molecule has 0 heterocycles. The van der Waals surface area contributed by atoms with Gasteiger partial charge < -0.3 is 10.4 Å². The Hall–Kier alpha value is -1.08. The highest BCUT2D eigenvalue weighted by Gasteiger charge is 2.10. The molecule has 2 aromatic rings. The van der Waals surface area contributed by atoms with Crippen LogP contribution in [0.25, 0.3) is 0 Å². The summed E-state index contributed by atoms with van der Waals surface area (Å²) >= 11 is 5.50. The lowest BCUT2D eigenvalue weighted by Gasteiger charge is -2.07. The number of phenolic OH excluding ortho intramolecular Hbond substituents is 1. The van der Waals surface area contributed by atoms with Gasteiger partial charge in [-0.1, -0.05) is 6.07 Å². The molecule has 0 bridgehead atoms. The standard InChI is InChI=1S/C13H9BrINO2/c14-12-5-4-8(15)6-11(12)13(18)16-9-2-1-3-10(17)7-9/h1-7,17H,(H,16,18). The van der Waals surface area contributed by atoms with Gasteiger partial charge in [0.1, 0.15) is 5.75 Å². The molecule has 0 saturated carbocycles. The number of benzene rings is 2. The average molecular weight is 418 g/mol. The van der Waals surface area contributed by atoms with E-state index in [9.17, 15) is 9.90 Å². The number of carbonyl (C=O) groups is 1. The molecule has 2 rings (SSSR count). The molecule has 5 heteroatoms. The number of halogens is 2. The van der Waals surface area contributed by atoms with E-state index in [4.69, 9.17) is 0 Å². The molecule has 0 unspecified atom stereocenters. The highest BCUT2D eigenvalue weighted by atomic mass is 127. The zero-order valence-corrected chi connectivity index (χ0v) is 12.9. The summed E-state index contributed by atoms with van der Waals surface area (Å²) < 4.78 is 1.72. The molecule has 0 spiro atoms. The monoisotopic (exact) mass is 417 g/mol. The second kappa shape index (κ2) is 5.71. The molecular weight excluding hydrogens is 409 g/mol. The fourth-order valence-corrected chi connectivity index (χ4v) is 2.37. The van der Waals surface area contributed by atoms with Crippen molar-refractivity contribution in [3.05, 3.63) is 56.1 Å². The van der Waals surface area contributed by atoms with E-state index in [1.807, 2.05) is 12.1 Å². The molecule has 0 radical (unpaired) electrons. The van der Waals surface area contributed by atoms with Crippen LogP contribution in [-0.2, 0) is 0 Å². The van der Waals surface area contributed by atoms with E-state index in [0.29, 0.717) is 11.3 Å². The third-order valence-corrected chi connectivity index (χ3v) is 3.64. The summed E-state index contributed by atoms with van der Waals surface area (Å²) in [5.74, 6) is -0.0968. The number of nitrogens with one attached hydrogen (secondary N) is 1. The van der Waals surface area contributed by atoms with Gasteiger partial charge in [0.05, 0.1) is 5.56 Å². The van der Waals surface area contributed by atoms with E-state index in [2.05, 4.69) is 43.8 Å². The predicted octanol–water partition coefficient (Wildman–Crippen LogP) is 4.01. The van der Waals surface area contributed by atoms with Gasteiger partial charge >= 0.3 is 0 Å². The lowest BCUT2D eigenvalue weighted by Crippen LogP contribution is -2.12. The Kier molecular flexibility index (Phi) is 4.23. The summed E-state index contributed by atoms with van der Waals surface area (Å²) in [6, 6.07) is 12.0. The molecule has 92 valence electrons. The summed E-state index contributed by atoms with van der Waals surface area (Å²) in [5, 5.41) is 12.1. The topological polar surface area (TPSA) is 49.3 Å². The van der Waals surface area contributed by atoms with E-state index in [1.54, 1.807) is 24.3 Å². The molecule has 0 aromatic heterocycles. The SMILES string of the molecule is O=C(Nc1cccc(O)c1)c1cc(I)ccc1Br. The fraction of sp³-hybridized carbons (Fsp3) is 0. The number of rotatable bonds is 2. The predicted molar refractivity (Wildman–Crippen MR) is 82.9 cm³/mol. The van der Waals surface area contributed by atoms with Crippen molar-refractivity contribution >= 4 is 50.1 Å². The number of phenols is 1. The molecule has 2 aromatic carbocycles. The van der Waals surface area contributed by atoms with Crippen molar-refractivity contribution in [3.63, 3.8) is 0 Å². The molecule has 0 aliphatic rings. The molecular formula is C13H9BrINO2. The second-order valence-corrected chi connectivity index (χ2v) is 5.73. The largest absolute Gasteiger partial charge is 0.508 e. The second-order valence-electron chi connectivity index (χ2n) is 3.63. The minimum absolute atomic E-state index is 0.120. The molecule has 2 N–H and O–H groups in total. The maximum Gasteiger partial charge on any atom is 0.256 e. The van der Waals surface area contributed by atoms with E-state index in [1.165, 1.54) is 6.07 Å². The first-order chi connectivity index (χ1) is 8.56. The normalized spacial score (nSPS) is 10.1. The Morgan fingerprint density at radius 2 is 2.00 bits per heavy atom. The van der Waals surface area contributed by atoms with Crippen LogP contribution in [0.3, 0.4) is 0 Å². The van der Waals surface area contributed by atoms with Crippen LogP contribution in [0, 0.1) is 3.57 Å². The molecule has 3 nitrogen and oxygen atoms in total.